The smallest absolute Gasteiger partial charge is 0.0701 e. The van der Waals surface area contributed by atoms with Gasteiger partial charge in [0.25, 0.3) is 0 Å². The van der Waals surface area contributed by atoms with Crippen LogP contribution in [0.4, 0.5) is 0 Å². The zero-order valence-electron chi connectivity index (χ0n) is 11.3. The van der Waals surface area contributed by atoms with Gasteiger partial charge in [-0.2, -0.15) is 0 Å². The molecule has 1 heterocycles. The van der Waals surface area contributed by atoms with Gasteiger partial charge in [-0.05, 0) is 59.3 Å². The molecular formula is C14H24BrNS. The van der Waals surface area contributed by atoms with Crippen molar-refractivity contribution in [3.63, 3.8) is 0 Å². The first-order chi connectivity index (χ1) is 7.93. The van der Waals surface area contributed by atoms with Crippen LogP contribution in [-0.4, -0.2) is 12.6 Å². The zero-order chi connectivity index (χ0) is 12.9. The Balaban J connectivity index is 2.37. The molecule has 3 heteroatoms. The van der Waals surface area contributed by atoms with Gasteiger partial charge in [-0.15, -0.1) is 11.3 Å². The predicted molar refractivity (Wildman–Crippen MR) is 81.9 cm³/mol. The fraction of sp³-hybridized carbons (Fsp3) is 0.714. The normalized spacial score (nSPS) is 13.9. The van der Waals surface area contributed by atoms with Crippen molar-refractivity contribution in [3.05, 3.63) is 20.8 Å². The average Bonchev–Trinajstić information content (AvgIpc) is 2.61. The highest BCUT2D eigenvalue weighted by molar-refractivity contribution is 9.11. The van der Waals surface area contributed by atoms with Crippen molar-refractivity contribution in [1.29, 1.82) is 0 Å². The molecule has 0 spiro atoms. The molecule has 1 unspecified atom stereocenters. The molecule has 1 atom stereocenters. The lowest BCUT2D eigenvalue weighted by Gasteiger charge is -2.31. The summed E-state index contributed by atoms with van der Waals surface area (Å²) in [5, 5.41) is 3.61. The number of aryl methyl sites for hydroxylation is 1. The third kappa shape index (κ3) is 5.54. The van der Waals surface area contributed by atoms with Crippen LogP contribution in [0.15, 0.2) is 15.9 Å². The van der Waals surface area contributed by atoms with E-state index in [1.54, 1.807) is 0 Å². The molecule has 1 N–H and O–H groups in total. The van der Waals surface area contributed by atoms with Crippen molar-refractivity contribution in [3.8, 4) is 0 Å². The van der Waals surface area contributed by atoms with Gasteiger partial charge in [-0.25, -0.2) is 0 Å². The van der Waals surface area contributed by atoms with Gasteiger partial charge in [0.2, 0.25) is 0 Å². The summed E-state index contributed by atoms with van der Waals surface area (Å²) in [6, 6.07) is 5.00. The quantitative estimate of drug-likeness (QED) is 0.790. The molecule has 0 amide bonds. The van der Waals surface area contributed by atoms with Gasteiger partial charge in [0, 0.05) is 10.9 Å². The molecule has 0 bridgehead atoms. The minimum Gasteiger partial charge on any atom is -0.314 e. The molecule has 0 radical (unpaired) electrons. The van der Waals surface area contributed by atoms with Crippen LogP contribution in [0.3, 0.4) is 0 Å². The minimum atomic E-state index is 0.353. The van der Waals surface area contributed by atoms with Gasteiger partial charge < -0.3 is 5.32 Å². The van der Waals surface area contributed by atoms with E-state index in [9.17, 15) is 0 Å². The molecule has 1 aromatic rings. The number of nitrogens with one attached hydrogen (secondary N) is 1. The molecular weight excluding hydrogens is 294 g/mol. The van der Waals surface area contributed by atoms with Crippen molar-refractivity contribution in [2.45, 2.75) is 53.0 Å². The van der Waals surface area contributed by atoms with E-state index in [1.807, 2.05) is 11.3 Å². The van der Waals surface area contributed by atoms with Crippen molar-refractivity contribution in [2.75, 3.05) is 6.54 Å². The summed E-state index contributed by atoms with van der Waals surface area (Å²) in [7, 11) is 0. The van der Waals surface area contributed by atoms with E-state index in [-0.39, 0.29) is 0 Å². The standard InChI is InChI=1S/C14H24BrNS/c1-5-16-12(14(2,3)4)8-6-7-11-9-10-13(15)17-11/h9-10,12,16H,5-8H2,1-4H3. The highest BCUT2D eigenvalue weighted by Gasteiger charge is 2.22. The van der Waals surface area contributed by atoms with Crippen LogP contribution in [0.25, 0.3) is 0 Å². The summed E-state index contributed by atoms with van der Waals surface area (Å²) in [6.07, 6.45) is 3.73. The Morgan fingerprint density at radius 3 is 2.53 bits per heavy atom. The summed E-state index contributed by atoms with van der Waals surface area (Å²) < 4.78 is 1.24. The number of hydrogen-bond donors (Lipinski definition) is 1. The lowest BCUT2D eigenvalue weighted by Crippen LogP contribution is -2.40. The largest absolute Gasteiger partial charge is 0.314 e. The van der Waals surface area contributed by atoms with Crippen LogP contribution in [0.1, 0.15) is 45.4 Å². The summed E-state index contributed by atoms with van der Waals surface area (Å²) >= 11 is 5.37. The average molecular weight is 318 g/mol. The van der Waals surface area contributed by atoms with Gasteiger partial charge in [0.05, 0.1) is 3.79 Å². The Morgan fingerprint density at radius 2 is 2.06 bits per heavy atom. The molecule has 0 aliphatic carbocycles. The van der Waals surface area contributed by atoms with E-state index in [1.165, 1.54) is 27.9 Å². The van der Waals surface area contributed by atoms with Crippen LogP contribution < -0.4 is 5.32 Å². The first-order valence-corrected chi connectivity index (χ1v) is 8.02. The maximum Gasteiger partial charge on any atom is 0.0701 e. The monoisotopic (exact) mass is 317 g/mol. The van der Waals surface area contributed by atoms with Crippen LogP contribution in [0.2, 0.25) is 0 Å². The molecule has 0 fully saturated rings. The fourth-order valence-corrected chi connectivity index (χ4v) is 3.58. The highest BCUT2D eigenvalue weighted by Crippen LogP contribution is 2.26. The Morgan fingerprint density at radius 1 is 1.35 bits per heavy atom. The van der Waals surface area contributed by atoms with E-state index in [4.69, 9.17) is 0 Å². The maximum atomic E-state index is 3.61. The van der Waals surface area contributed by atoms with E-state index in [2.05, 4.69) is 61.1 Å². The van der Waals surface area contributed by atoms with Crippen molar-refractivity contribution >= 4 is 27.3 Å². The van der Waals surface area contributed by atoms with E-state index >= 15 is 0 Å². The second kappa shape index (κ2) is 6.91. The van der Waals surface area contributed by atoms with Gasteiger partial charge in [0.1, 0.15) is 0 Å². The summed E-state index contributed by atoms with van der Waals surface area (Å²) in [4.78, 5) is 1.49. The predicted octanol–water partition coefficient (Wildman–Crippen LogP) is 4.86. The second-order valence-electron chi connectivity index (χ2n) is 5.57. The Kier molecular flexibility index (Phi) is 6.18. The van der Waals surface area contributed by atoms with E-state index in [0.717, 1.165) is 6.54 Å². The molecule has 1 nitrogen and oxygen atoms in total. The number of halogens is 1. The van der Waals surface area contributed by atoms with Gasteiger partial charge in [-0.3, -0.25) is 0 Å². The van der Waals surface area contributed by atoms with Crippen LogP contribution in [0.5, 0.6) is 0 Å². The molecule has 0 saturated carbocycles. The zero-order valence-corrected chi connectivity index (χ0v) is 13.7. The molecule has 0 aliphatic rings. The summed E-state index contributed by atoms with van der Waals surface area (Å²) in [5.41, 5.74) is 0.353. The van der Waals surface area contributed by atoms with E-state index < -0.39 is 0 Å². The first-order valence-electron chi connectivity index (χ1n) is 6.41. The Labute approximate surface area is 118 Å². The topological polar surface area (TPSA) is 12.0 Å². The van der Waals surface area contributed by atoms with Crippen LogP contribution in [-0.2, 0) is 6.42 Å². The third-order valence-electron chi connectivity index (χ3n) is 3.04. The SMILES string of the molecule is CCNC(CCCc1ccc(Br)s1)C(C)(C)C. The molecule has 0 aromatic carbocycles. The van der Waals surface area contributed by atoms with E-state index in [0.29, 0.717) is 11.5 Å². The summed E-state index contributed by atoms with van der Waals surface area (Å²) in [5.74, 6) is 0. The van der Waals surface area contributed by atoms with Crippen molar-refractivity contribution < 1.29 is 0 Å². The molecule has 17 heavy (non-hydrogen) atoms. The number of thiophene rings is 1. The second-order valence-corrected chi connectivity index (χ2v) is 8.12. The third-order valence-corrected chi connectivity index (χ3v) is 4.72. The van der Waals surface area contributed by atoms with Gasteiger partial charge in [-0.1, -0.05) is 27.7 Å². The molecule has 0 aliphatic heterocycles. The lowest BCUT2D eigenvalue weighted by atomic mass is 9.83. The molecule has 1 rings (SSSR count). The first kappa shape index (κ1) is 15.2. The highest BCUT2D eigenvalue weighted by atomic mass is 79.9. The van der Waals surface area contributed by atoms with Gasteiger partial charge >= 0.3 is 0 Å². The molecule has 98 valence electrons. The molecule has 1 aromatic heterocycles. The summed E-state index contributed by atoms with van der Waals surface area (Å²) in [6.45, 7) is 10.2. The Bertz CT molecular complexity index is 327. The Hall–Kier alpha value is 0.140. The maximum absolute atomic E-state index is 3.61. The van der Waals surface area contributed by atoms with Gasteiger partial charge in [0.15, 0.2) is 0 Å². The van der Waals surface area contributed by atoms with Crippen LogP contribution in [0, 0.1) is 5.41 Å². The fourth-order valence-electron chi connectivity index (χ4n) is 2.05. The van der Waals surface area contributed by atoms with Crippen molar-refractivity contribution in [2.24, 2.45) is 5.41 Å². The van der Waals surface area contributed by atoms with Crippen molar-refractivity contribution in [1.82, 2.24) is 5.32 Å². The minimum absolute atomic E-state index is 0.353. The number of hydrogen-bond acceptors (Lipinski definition) is 2. The molecule has 0 saturated heterocycles. The van der Waals surface area contributed by atoms with Crippen LogP contribution >= 0.6 is 27.3 Å². The lowest BCUT2D eigenvalue weighted by molar-refractivity contribution is 0.254. The number of rotatable bonds is 6.